The lowest BCUT2D eigenvalue weighted by Gasteiger charge is -2.29. The standard InChI is InChI=1S/C27H29N3O5/c1-18(2)30(16-20(31)17-35-24-13-7-9-19-8-3-4-10-21(19)24)25(32)14-15-29-23-12-6-5-11-22(23)26(33)28-27(29)34/h3-13,18,20,31H,14-17H2,1-2H3,(H,28,33,34). The van der Waals surface area contributed by atoms with E-state index < -0.39 is 17.4 Å². The Kier molecular flexibility index (Phi) is 7.31. The Balaban J connectivity index is 1.41. The Morgan fingerprint density at radius 3 is 2.46 bits per heavy atom. The summed E-state index contributed by atoms with van der Waals surface area (Å²) < 4.78 is 7.27. The smallest absolute Gasteiger partial charge is 0.328 e. The van der Waals surface area contributed by atoms with Crippen LogP contribution in [0.4, 0.5) is 0 Å². The lowest BCUT2D eigenvalue weighted by Crippen LogP contribution is -2.44. The molecule has 182 valence electrons. The number of aliphatic hydroxyl groups excluding tert-OH is 1. The third kappa shape index (κ3) is 5.44. The number of fused-ring (bicyclic) bond motifs is 2. The predicted octanol–water partition coefficient (Wildman–Crippen LogP) is 2.91. The van der Waals surface area contributed by atoms with Crippen molar-refractivity contribution in [3.8, 4) is 5.75 Å². The van der Waals surface area contributed by atoms with E-state index in [4.69, 9.17) is 4.74 Å². The van der Waals surface area contributed by atoms with Crippen LogP contribution in [0.1, 0.15) is 20.3 Å². The molecule has 0 spiro atoms. The van der Waals surface area contributed by atoms with Gasteiger partial charge in [0.15, 0.2) is 0 Å². The van der Waals surface area contributed by atoms with Crippen LogP contribution in [0, 0.1) is 0 Å². The summed E-state index contributed by atoms with van der Waals surface area (Å²) in [5.41, 5.74) is -0.527. The minimum Gasteiger partial charge on any atom is -0.490 e. The summed E-state index contributed by atoms with van der Waals surface area (Å²) in [6.07, 6.45) is -0.845. The number of hydrogen-bond donors (Lipinski definition) is 2. The number of rotatable bonds is 9. The number of aromatic nitrogens is 2. The van der Waals surface area contributed by atoms with E-state index >= 15 is 0 Å². The number of aryl methyl sites for hydroxylation is 1. The van der Waals surface area contributed by atoms with E-state index in [1.165, 1.54) is 4.57 Å². The van der Waals surface area contributed by atoms with Crippen molar-refractivity contribution in [2.75, 3.05) is 13.2 Å². The Morgan fingerprint density at radius 2 is 1.69 bits per heavy atom. The number of nitrogens with zero attached hydrogens (tertiary/aromatic N) is 2. The maximum atomic E-state index is 13.0. The molecule has 0 bridgehead atoms. The van der Waals surface area contributed by atoms with Gasteiger partial charge in [0.2, 0.25) is 5.91 Å². The van der Waals surface area contributed by atoms with Gasteiger partial charge in [-0.1, -0.05) is 48.5 Å². The fourth-order valence-electron chi connectivity index (χ4n) is 4.20. The second-order valence-electron chi connectivity index (χ2n) is 8.76. The summed E-state index contributed by atoms with van der Waals surface area (Å²) in [6, 6.07) is 20.2. The number of nitrogens with one attached hydrogen (secondary N) is 1. The van der Waals surface area contributed by atoms with Crippen LogP contribution in [0.5, 0.6) is 5.75 Å². The summed E-state index contributed by atoms with van der Waals surface area (Å²) in [5.74, 6) is 0.472. The Hall–Kier alpha value is -3.91. The minimum atomic E-state index is -0.892. The van der Waals surface area contributed by atoms with E-state index in [1.54, 1.807) is 29.2 Å². The Bertz CT molecular complexity index is 1450. The summed E-state index contributed by atoms with van der Waals surface area (Å²) in [4.78, 5) is 41.4. The van der Waals surface area contributed by atoms with Crippen LogP contribution in [0.3, 0.4) is 0 Å². The van der Waals surface area contributed by atoms with Gasteiger partial charge in [0.05, 0.1) is 17.4 Å². The van der Waals surface area contributed by atoms with E-state index in [0.717, 1.165) is 10.8 Å². The monoisotopic (exact) mass is 475 g/mol. The molecule has 8 heteroatoms. The highest BCUT2D eigenvalue weighted by molar-refractivity contribution is 5.88. The zero-order chi connectivity index (χ0) is 24.9. The zero-order valence-electron chi connectivity index (χ0n) is 19.8. The van der Waals surface area contributed by atoms with E-state index in [1.807, 2.05) is 56.3 Å². The largest absolute Gasteiger partial charge is 0.490 e. The van der Waals surface area contributed by atoms with Crippen LogP contribution in [0.2, 0.25) is 0 Å². The van der Waals surface area contributed by atoms with E-state index in [0.29, 0.717) is 16.7 Å². The molecule has 4 aromatic rings. The molecular weight excluding hydrogens is 446 g/mol. The highest BCUT2D eigenvalue weighted by Crippen LogP contribution is 2.25. The first-order valence-corrected chi connectivity index (χ1v) is 11.6. The van der Waals surface area contributed by atoms with Crippen LogP contribution >= 0.6 is 0 Å². The number of aromatic amines is 1. The Morgan fingerprint density at radius 1 is 1.00 bits per heavy atom. The first-order chi connectivity index (χ1) is 16.8. The summed E-state index contributed by atoms with van der Waals surface area (Å²) in [6.45, 7) is 3.99. The van der Waals surface area contributed by atoms with Gasteiger partial charge in [-0.2, -0.15) is 0 Å². The first-order valence-electron chi connectivity index (χ1n) is 11.6. The average Bonchev–Trinajstić information content (AvgIpc) is 2.85. The normalized spacial score (nSPS) is 12.2. The predicted molar refractivity (Wildman–Crippen MR) is 136 cm³/mol. The van der Waals surface area contributed by atoms with Gasteiger partial charge in [-0.25, -0.2) is 4.79 Å². The van der Waals surface area contributed by atoms with Crippen molar-refractivity contribution >= 4 is 27.6 Å². The number of carbonyl (C=O) groups excluding carboxylic acids is 1. The molecule has 0 saturated carbocycles. The topological polar surface area (TPSA) is 105 Å². The quantitative estimate of drug-likeness (QED) is 0.387. The van der Waals surface area contributed by atoms with Gasteiger partial charge in [0.1, 0.15) is 18.5 Å². The third-order valence-electron chi connectivity index (χ3n) is 5.99. The third-order valence-corrected chi connectivity index (χ3v) is 5.99. The fourth-order valence-corrected chi connectivity index (χ4v) is 4.20. The van der Waals surface area contributed by atoms with Gasteiger partial charge in [0.25, 0.3) is 5.56 Å². The van der Waals surface area contributed by atoms with E-state index in [2.05, 4.69) is 4.98 Å². The van der Waals surface area contributed by atoms with Gasteiger partial charge in [0, 0.05) is 24.4 Å². The Labute approximate surface area is 202 Å². The van der Waals surface area contributed by atoms with Crippen molar-refractivity contribution in [2.24, 2.45) is 0 Å². The molecule has 1 aromatic heterocycles. The van der Waals surface area contributed by atoms with Crippen molar-refractivity contribution in [3.63, 3.8) is 0 Å². The van der Waals surface area contributed by atoms with Gasteiger partial charge in [-0.15, -0.1) is 0 Å². The number of ether oxygens (including phenoxy) is 1. The van der Waals surface area contributed by atoms with Crippen LogP contribution in [0.25, 0.3) is 21.7 Å². The van der Waals surface area contributed by atoms with Crippen molar-refractivity contribution < 1.29 is 14.6 Å². The highest BCUT2D eigenvalue weighted by atomic mass is 16.5. The number of amides is 1. The maximum absolute atomic E-state index is 13.0. The summed E-state index contributed by atoms with van der Waals surface area (Å²) in [7, 11) is 0. The van der Waals surface area contributed by atoms with Gasteiger partial charge < -0.3 is 14.7 Å². The van der Waals surface area contributed by atoms with Crippen molar-refractivity contribution in [1.29, 1.82) is 0 Å². The van der Waals surface area contributed by atoms with Crippen LogP contribution < -0.4 is 16.0 Å². The van der Waals surface area contributed by atoms with Crippen molar-refractivity contribution in [1.82, 2.24) is 14.5 Å². The number of H-pyrrole nitrogens is 1. The number of carbonyl (C=O) groups is 1. The number of benzene rings is 3. The molecule has 2 N–H and O–H groups in total. The second kappa shape index (κ2) is 10.6. The fraction of sp³-hybridized carbons (Fsp3) is 0.296. The summed E-state index contributed by atoms with van der Waals surface area (Å²) in [5, 5.41) is 13.0. The number of hydrogen-bond acceptors (Lipinski definition) is 5. The van der Waals surface area contributed by atoms with Gasteiger partial charge >= 0.3 is 5.69 Å². The molecule has 0 aliphatic heterocycles. The maximum Gasteiger partial charge on any atom is 0.328 e. The molecule has 0 fully saturated rings. The molecule has 1 heterocycles. The minimum absolute atomic E-state index is 0.0362. The molecular formula is C27H29N3O5. The van der Waals surface area contributed by atoms with Crippen molar-refractivity contribution in [3.05, 3.63) is 87.6 Å². The number of aliphatic hydroxyl groups is 1. The van der Waals surface area contributed by atoms with E-state index in [-0.39, 0.29) is 38.1 Å². The van der Waals surface area contributed by atoms with Crippen molar-refractivity contribution in [2.45, 2.75) is 39.0 Å². The molecule has 0 radical (unpaired) electrons. The first kappa shape index (κ1) is 24.2. The van der Waals surface area contributed by atoms with Crippen LogP contribution in [-0.2, 0) is 11.3 Å². The molecule has 0 aliphatic carbocycles. The molecule has 35 heavy (non-hydrogen) atoms. The molecule has 0 aliphatic rings. The highest BCUT2D eigenvalue weighted by Gasteiger charge is 2.21. The summed E-state index contributed by atoms with van der Waals surface area (Å²) >= 11 is 0. The SMILES string of the molecule is CC(C)N(CC(O)COc1cccc2ccccc12)C(=O)CCn1c(=O)[nH]c(=O)c2ccccc21. The molecule has 1 amide bonds. The van der Waals surface area contributed by atoms with Gasteiger partial charge in [-0.3, -0.25) is 19.1 Å². The van der Waals surface area contributed by atoms with E-state index in [9.17, 15) is 19.5 Å². The molecule has 1 unspecified atom stereocenters. The lowest BCUT2D eigenvalue weighted by atomic mass is 10.1. The molecule has 4 rings (SSSR count). The van der Waals surface area contributed by atoms with Crippen LogP contribution in [0.15, 0.2) is 76.3 Å². The second-order valence-corrected chi connectivity index (χ2v) is 8.76. The van der Waals surface area contributed by atoms with Crippen LogP contribution in [-0.4, -0.2) is 50.8 Å². The molecule has 3 aromatic carbocycles. The number of para-hydroxylation sites is 1. The average molecular weight is 476 g/mol. The molecule has 1 atom stereocenters. The molecule has 8 nitrogen and oxygen atoms in total. The molecule has 0 saturated heterocycles. The zero-order valence-corrected chi connectivity index (χ0v) is 19.8. The van der Waals surface area contributed by atoms with Gasteiger partial charge in [-0.05, 0) is 37.4 Å². The lowest BCUT2D eigenvalue weighted by molar-refractivity contribution is -0.135.